The third-order valence-electron chi connectivity index (χ3n) is 6.71. The molecule has 0 amide bonds. The van der Waals surface area contributed by atoms with Gasteiger partial charge in [-0.05, 0) is 44.9 Å². The Bertz CT molecular complexity index is 848. The minimum absolute atomic E-state index is 0.164. The third-order valence-corrected chi connectivity index (χ3v) is 7.70. The highest BCUT2D eigenvalue weighted by Crippen LogP contribution is 2.47. The fourth-order valence-corrected chi connectivity index (χ4v) is 5.15. The number of rotatable bonds is 22. The van der Waals surface area contributed by atoms with Gasteiger partial charge in [-0.25, -0.2) is 4.57 Å². The van der Waals surface area contributed by atoms with Gasteiger partial charge in [-0.3, -0.25) is 13.8 Å². The molecule has 8 atom stereocenters. The molecule has 0 radical (unpaired) electrons. The minimum Gasteiger partial charge on any atom is -0.463 e. The summed E-state index contributed by atoms with van der Waals surface area (Å²) in [6.07, 6.45) is 11.3. The molecule has 1 saturated carbocycles. The van der Waals surface area contributed by atoms with Gasteiger partial charge in [0.25, 0.3) is 0 Å². The van der Waals surface area contributed by atoms with Crippen molar-refractivity contribution in [2.75, 3.05) is 13.2 Å². The molecule has 1 rings (SSSR count). The monoisotopic (exact) mass is 622 g/mol. The fraction of sp³-hybridized carbons (Fsp3) is 0.759. The molecule has 1 aliphatic carbocycles. The number of carbonyl (C=O) groups excluding carboxylic acids is 1. The summed E-state index contributed by atoms with van der Waals surface area (Å²) in [5.41, 5.74) is 0. The molecule has 7 N–H and O–H groups in total. The van der Waals surface area contributed by atoms with Gasteiger partial charge < -0.3 is 40.3 Å². The smallest absolute Gasteiger partial charge is 0.463 e. The van der Waals surface area contributed by atoms with Crippen LogP contribution in [0.1, 0.15) is 84.0 Å². The second-order valence-electron chi connectivity index (χ2n) is 10.5. The molecule has 0 spiro atoms. The van der Waals surface area contributed by atoms with E-state index < -0.39 is 69.7 Å². The second kappa shape index (κ2) is 22.1. The number of phosphoric ester groups is 1. The summed E-state index contributed by atoms with van der Waals surface area (Å²) >= 11 is 0. The summed E-state index contributed by atoms with van der Waals surface area (Å²) in [5.74, 6) is -0.532. The van der Waals surface area contributed by atoms with Crippen molar-refractivity contribution in [3.8, 4) is 0 Å². The maximum Gasteiger partial charge on any atom is 0.472 e. The molecular formula is C29H51O12P. The first-order valence-corrected chi connectivity index (χ1v) is 16.3. The summed E-state index contributed by atoms with van der Waals surface area (Å²) in [5, 5.41) is 58.6. The van der Waals surface area contributed by atoms with Crippen LogP contribution in [0.15, 0.2) is 36.5 Å². The fourth-order valence-electron chi connectivity index (χ4n) is 4.17. The Morgan fingerprint density at radius 1 is 0.738 bits per heavy atom. The molecule has 1 fully saturated rings. The molecular weight excluding hydrogens is 571 g/mol. The molecule has 13 heteroatoms. The van der Waals surface area contributed by atoms with Crippen LogP contribution in [0.3, 0.4) is 0 Å². The lowest BCUT2D eigenvalue weighted by molar-refractivity contribution is -0.220. The van der Waals surface area contributed by atoms with Crippen molar-refractivity contribution in [1.29, 1.82) is 0 Å². The van der Waals surface area contributed by atoms with Gasteiger partial charge in [-0.2, -0.15) is 0 Å². The number of aliphatic hydroxyl groups excluding tert-OH is 6. The zero-order chi connectivity index (χ0) is 31.4. The van der Waals surface area contributed by atoms with E-state index in [-0.39, 0.29) is 6.42 Å². The zero-order valence-corrected chi connectivity index (χ0v) is 25.4. The van der Waals surface area contributed by atoms with Gasteiger partial charge in [0.15, 0.2) is 0 Å². The Balaban J connectivity index is 2.10. The van der Waals surface area contributed by atoms with Crippen molar-refractivity contribution in [1.82, 2.24) is 0 Å². The SMILES string of the molecule is CCCCC/C=C\C/C=C\C/C=C\CCCCCCC(=O)OC[C@@H](O)COP(=O)(O)OC1C(O)C(O)C(O)[C@@H](O)C1O. The summed E-state index contributed by atoms with van der Waals surface area (Å²) < 4.78 is 26.3. The number of phosphoric acid groups is 1. The standard InChI is InChI=1S/C29H51O12P/c1-2-3-4-5-6-7-8-9-10-11-12-13-14-15-16-17-18-19-23(31)39-20-22(30)21-40-42(37,38)41-29-27(35)25(33)24(32)26(34)28(29)36/h6-7,9-10,12-13,22,24-30,32-36H,2-5,8,11,14-21H2,1H3,(H,37,38)/b7-6-,10-9-,13-12-/t22-,24?,25-,26?,27?,28?,29?/m1/s1. The lowest BCUT2D eigenvalue weighted by Gasteiger charge is -2.41. The van der Waals surface area contributed by atoms with Crippen LogP contribution in [0.25, 0.3) is 0 Å². The van der Waals surface area contributed by atoms with Crippen molar-refractivity contribution < 1.29 is 58.7 Å². The van der Waals surface area contributed by atoms with E-state index in [9.17, 15) is 44.9 Å². The van der Waals surface area contributed by atoms with Gasteiger partial charge in [0.05, 0.1) is 6.61 Å². The van der Waals surface area contributed by atoms with Crippen molar-refractivity contribution in [3.05, 3.63) is 36.5 Å². The van der Waals surface area contributed by atoms with Gasteiger partial charge in [0, 0.05) is 6.42 Å². The van der Waals surface area contributed by atoms with E-state index in [1.807, 2.05) is 0 Å². The molecule has 1 aliphatic rings. The predicted molar refractivity (Wildman–Crippen MR) is 156 cm³/mol. The van der Waals surface area contributed by atoms with E-state index in [1.54, 1.807) is 0 Å². The van der Waals surface area contributed by atoms with Crippen LogP contribution >= 0.6 is 7.82 Å². The average Bonchev–Trinajstić information content (AvgIpc) is 2.96. The first-order valence-electron chi connectivity index (χ1n) is 14.8. The van der Waals surface area contributed by atoms with Crippen LogP contribution in [0, 0.1) is 0 Å². The number of aliphatic hydroxyl groups is 6. The van der Waals surface area contributed by atoms with Crippen molar-refractivity contribution in [3.63, 3.8) is 0 Å². The number of hydrogen-bond acceptors (Lipinski definition) is 11. The van der Waals surface area contributed by atoms with Gasteiger partial charge in [0.1, 0.15) is 49.3 Å². The van der Waals surface area contributed by atoms with Gasteiger partial charge in [-0.1, -0.05) is 69.1 Å². The Labute approximate surface area is 248 Å². The second-order valence-corrected chi connectivity index (χ2v) is 11.9. The largest absolute Gasteiger partial charge is 0.472 e. The lowest BCUT2D eigenvalue weighted by atomic mass is 9.85. The van der Waals surface area contributed by atoms with E-state index in [4.69, 9.17) is 4.74 Å². The molecule has 0 aromatic heterocycles. The summed E-state index contributed by atoms with van der Waals surface area (Å²) in [6.45, 7) is 0.927. The number of hydrogen-bond donors (Lipinski definition) is 7. The molecule has 0 aromatic carbocycles. The van der Waals surface area contributed by atoms with E-state index in [2.05, 4.69) is 52.4 Å². The molecule has 0 heterocycles. The van der Waals surface area contributed by atoms with Crippen LogP contribution in [0.4, 0.5) is 0 Å². The quantitative estimate of drug-likeness (QED) is 0.0403. The molecule has 0 aromatic rings. The molecule has 0 saturated heterocycles. The molecule has 6 unspecified atom stereocenters. The van der Waals surface area contributed by atoms with Crippen molar-refractivity contribution >= 4 is 13.8 Å². The first kappa shape index (κ1) is 38.6. The van der Waals surface area contributed by atoms with Crippen LogP contribution in [-0.2, 0) is 23.1 Å². The van der Waals surface area contributed by atoms with Gasteiger partial charge in [-0.15, -0.1) is 0 Å². The highest BCUT2D eigenvalue weighted by atomic mass is 31.2. The average molecular weight is 623 g/mol. The Morgan fingerprint density at radius 2 is 1.24 bits per heavy atom. The highest BCUT2D eigenvalue weighted by Gasteiger charge is 2.51. The van der Waals surface area contributed by atoms with Crippen LogP contribution < -0.4 is 0 Å². The highest BCUT2D eigenvalue weighted by molar-refractivity contribution is 7.47. The number of unbranched alkanes of at least 4 members (excludes halogenated alkanes) is 7. The summed E-state index contributed by atoms with van der Waals surface area (Å²) in [6, 6.07) is 0. The number of ether oxygens (including phenoxy) is 1. The van der Waals surface area contributed by atoms with E-state index >= 15 is 0 Å². The van der Waals surface area contributed by atoms with Crippen LogP contribution in [0.5, 0.6) is 0 Å². The number of allylic oxidation sites excluding steroid dienone is 6. The summed E-state index contributed by atoms with van der Waals surface area (Å²) in [4.78, 5) is 21.7. The van der Waals surface area contributed by atoms with Crippen molar-refractivity contribution in [2.24, 2.45) is 0 Å². The maximum atomic E-state index is 12.1. The first-order chi connectivity index (χ1) is 20.0. The molecule has 0 aliphatic heterocycles. The molecule has 12 nitrogen and oxygen atoms in total. The van der Waals surface area contributed by atoms with Crippen LogP contribution in [-0.4, -0.2) is 97.4 Å². The predicted octanol–water partition coefficient (Wildman–Crippen LogP) is 2.58. The third kappa shape index (κ3) is 16.4. The van der Waals surface area contributed by atoms with Crippen LogP contribution in [0.2, 0.25) is 0 Å². The Kier molecular flexibility index (Phi) is 20.3. The normalized spacial score (nSPS) is 27.1. The van der Waals surface area contributed by atoms with E-state index in [1.165, 1.54) is 19.3 Å². The zero-order valence-electron chi connectivity index (χ0n) is 24.5. The van der Waals surface area contributed by atoms with Crippen molar-refractivity contribution in [2.45, 2.75) is 127 Å². The Hall–Kier alpha value is -1.44. The number of carbonyl (C=O) groups is 1. The van der Waals surface area contributed by atoms with Gasteiger partial charge >= 0.3 is 13.8 Å². The van der Waals surface area contributed by atoms with E-state index in [0.717, 1.165) is 44.9 Å². The number of esters is 1. The summed E-state index contributed by atoms with van der Waals surface area (Å²) in [7, 11) is -4.99. The molecule has 0 bridgehead atoms. The molecule has 42 heavy (non-hydrogen) atoms. The maximum absolute atomic E-state index is 12.1. The Morgan fingerprint density at radius 3 is 1.81 bits per heavy atom. The molecule has 244 valence electrons. The van der Waals surface area contributed by atoms with Gasteiger partial charge in [0.2, 0.25) is 0 Å². The minimum atomic E-state index is -4.99. The van der Waals surface area contributed by atoms with E-state index in [0.29, 0.717) is 6.42 Å². The lowest BCUT2D eigenvalue weighted by Crippen LogP contribution is -2.64. The topological polar surface area (TPSA) is 203 Å².